The molecule has 4 heteroatoms. The lowest BCUT2D eigenvalue weighted by Gasteiger charge is -2.08. The van der Waals surface area contributed by atoms with Crippen LogP contribution in [0.4, 0.5) is 0 Å². The van der Waals surface area contributed by atoms with Crippen LogP contribution in [-0.4, -0.2) is 30.8 Å². The molecule has 0 aromatic heterocycles. The molecular formula is C14H19NO3. The molecule has 0 saturated carbocycles. The maximum absolute atomic E-state index is 11.8. The third-order valence-corrected chi connectivity index (χ3v) is 2.36. The molecule has 1 rings (SSSR count). The standard InChI is InChI=1S/C14H19NO3/c1-10(2)9-18-8-7-15-14(17)12-6-4-5-11(3)13(12)16/h4-6,16H,1,7-9H2,2-3H3,(H,15,17). The number of nitrogens with one attached hydrogen (secondary N) is 1. The van der Waals surface area contributed by atoms with Gasteiger partial charge < -0.3 is 15.2 Å². The van der Waals surface area contributed by atoms with Crippen LogP contribution >= 0.6 is 0 Å². The summed E-state index contributed by atoms with van der Waals surface area (Å²) in [4.78, 5) is 11.8. The molecular weight excluding hydrogens is 230 g/mol. The first kappa shape index (κ1) is 14.3. The van der Waals surface area contributed by atoms with E-state index in [1.165, 1.54) is 0 Å². The molecule has 0 atom stereocenters. The van der Waals surface area contributed by atoms with Crippen LogP contribution in [0.2, 0.25) is 0 Å². The molecule has 2 N–H and O–H groups in total. The van der Waals surface area contributed by atoms with Crippen LogP contribution < -0.4 is 5.32 Å². The van der Waals surface area contributed by atoms with Crippen molar-refractivity contribution >= 4 is 5.91 Å². The predicted octanol–water partition coefficient (Wildman–Crippen LogP) is 2.02. The number of hydrogen-bond acceptors (Lipinski definition) is 3. The first-order valence-electron chi connectivity index (χ1n) is 5.81. The molecule has 0 spiro atoms. The summed E-state index contributed by atoms with van der Waals surface area (Å²) in [5.41, 5.74) is 1.91. The van der Waals surface area contributed by atoms with Crippen molar-refractivity contribution in [2.75, 3.05) is 19.8 Å². The minimum atomic E-state index is -0.296. The summed E-state index contributed by atoms with van der Waals surface area (Å²) in [6.07, 6.45) is 0. The zero-order valence-corrected chi connectivity index (χ0v) is 10.8. The van der Waals surface area contributed by atoms with E-state index in [0.717, 1.165) is 5.57 Å². The number of aromatic hydroxyl groups is 1. The van der Waals surface area contributed by atoms with Crippen molar-refractivity contribution < 1.29 is 14.6 Å². The van der Waals surface area contributed by atoms with Gasteiger partial charge in [-0.3, -0.25) is 4.79 Å². The van der Waals surface area contributed by atoms with E-state index >= 15 is 0 Å². The lowest BCUT2D eigenvalue weighted by molar-refractivity contribution is 0.0924. The monoisotopic (exact) mass is 249 g/mol. The highest BCUT2D eigenvalue weighted by Gasteiger charge is 2.11. The Kier molecular flexibility index (Phi) is 5.39. The summed E-state index contributed by atoms with van der Waals surface area (Å²) in [7, 11) is 0. The van der Waals surface area contributed by atoms with E-state index in [1.54, 1.807) is 25.1 Å². The van der Waals surface area contributed by atoms with E-state index in [-0.39, 0.29) is 17.2 Å². The molecule has 1 amide bonds. The van der Waals surface area contributed by atoms with Crippen LogP contribution in [0.25, 0.3) is 0 Å². The van der Waals surface area contributed by atoms with E-state index < -0.39 is 0 Å². The SMILES string of the molecule is C=C(C)COCCNC(=O)c1cccc(C)c1O. The zero-order valence-electron chi connectivity index (χ0n) is 10.8. The van der Waals surface area contributed by atoms with E-state index in [4.69, 9.17) is 4.74 Å². The molecule has 0 aliphatic heterocycles. The van der Waals surface area contributed by atoms with Gasteiger partial charge in [0.1, 0.15) is 5.75 Å². The maximum Gasteiger partial charge on any atom is 0.255 e. The summed E-state index contributed by atoms with van der Waals surface area (Å²) >= 11 is 0. The van der Waals surface area contributed by atoms with Crippen LogP contribution in [0.5, 0.6) is 5.75 Å². The van der Waals surface area contributed by atoms with Crippen molar-refractivity contribution in [3.8, 4) is 5.75 Å². The van der Waals surface area contributed by atoms with Crippen molar-refractivity contribution in [2.45, 2.75) is 13.8 Å². The number of ether oxygens (including phenoxy) is 1. The van der Waals surface area contributed by atoms with Gasteiger partial charge in [-0.05, 0) is 25.5 Å². The molecule has 0 fully saturated rings. The number of phenols is 1. The summed E-state index contributed by atoms with van der Waals surface area (Å²) in [6, 6.07) is 5.08. The number of carbonyl (C=O) groups excluding carboxylic acids is 1. The molecule has 0 aliphatic carbocycles. The summed E-state index contributed by atoms with van der Waals surface area (Å²) < 4.78 is 5.26. The Morgan fingerprint density at radius 2 is 2.22 bits per heavy atom. The van der Waals surface area contributed by atoms with Crippen LogP contribution in [0.15, 0.2) is 30.4 Å². The molecule has 0 radical (unpaired) electrons. The summed E-state index contributed by atoms with van der Waals surface area (Å²) in [5, 5.41) is 12.4. The lowest BCUT2D eigenvalue weighted by Crippen LogP contribution is -2.27. The van der Waals surface area contributed by atoms with Crippen LogP contribution in [0.3, 0.4) is 0 Å². The molecule has 1 aromatic carbocycles. The van der Waals surface area contributed by atoms with E-state index in [2.05, 4.69) is 11.9 Å². The smallest absolute Gasteiger partial charge is 0.255 e. The van der Waals surface area contributed by atoms with Crippen molar-refractivity contribution in [3.05, 3.63) is 41.5 Å². The fraction of sp³-hybridized carbons (Fsp3) is 0.357. The minimum absolute atomic E-state index is 0.0258. The number of amides is 1. The first-order valence-corrected chi connectivity index (χ1v) is 5.81. The topological polar surface area (TPSA) is 58.6 Å². The third kappa shape index (κ3) is 4.22. The van der Waals surface area contributed by atoms with Gasteiger partial charge in [0.2, 0.25) is 0 Å². The van der Waals surface area contributed by atoms with Gasteiger partial charge in [0, 0.05) is 6.54 Å². The molecule has 98 valence electrons. The second-order valence-corrected chi connectivity index (χ2v) is 4.24. The Morgan fingerprint density at radius 3 is 2.89 bits per heavy atom. The zero-order chi connectivity index (χ0) is 13.5. The van der Waals surface area contributed by atoms with Gasteiger partial charge in [0.15, 0.2) is 0 Å². The Hall–Kier alpha value is -1.81. The highest BCUT2D eigenvalue weighted by atomic mass is 16.5. The van der Waals surface area contributed by atoms with Gasteiger partial charge in [0.05, 0.1) is 18.8 Å². The van der Waals surface area contributed by atoms with Crippen molar-refractivity contribution in [3.63, 3.8) is 0 Å². The van der Waals surface area contributed by atoms with Gasteiger partial charge in [-0.2, -0.15) is 0 Å². The quantitative estimate of drug-likeness (QED) is 0.599. The van der Waals surface area contributed by atoms with E-state index in [9.17, 15) is 9.90 Å². The second kappa shape index (κ2) is 6.81. The lowest BCUT2D eigenvalue weighted by atomic mass is 10.1. The van der Waals surface area contributed by atoms with Gasteiger partial charge in [-0.1, -0.05) is 24.3 Å². The highest BCUT2D eigenvalue weighted by molar-refractivity contribution is 5.97. The second-order valence-electron chi connectivity index (χ2n) is 4.24. The minimum Gasteiger partial charge on any atom is -0.507 e. The number of hydrogen-bond donors (Lipinski definition) is 2. The average Bonchev–Trinajstić information content (AvgIpc) is 2.31. The fourth-order valence-corrected chi connectivity index (χ4v) is 1.42. The van der Waals surface area contributed by atoms with Gasteiger partial charge >= 0.3 is 0 Å². The van der Waals surface area contributed by atoms with Gasteiger partial charge in [-0.15, -0.1) is 0 Å². The molecule has 0 unspecified atom stereocenters. The Morgan fingerprint density at radius 1 is 1.50 bits per heavy atom. The molecule has 0 bridgehead atoms. The first-order chi connectivity index (χ1) is 8.52. The number of para-hydroxylation sites is 1. The molecule has 1 aromatic rings. The Balaban J connectivity index is 2.41. The molecule has 4 nitrogen and oxygen atoms in total. The summed E-state index contributed by atoms with van der Waals surface area (Å²) in [5.74, 6) is -0.270. The highest BCUT2D eigenvalue weighted by Crippen LogP contribution is 2.20. The van der Waals surface area contributed by atoms with Crippen LogP contribution in [0, 0.1) is 6.92 Å². The number of benzene rings is 1. The number of phenolic OH excluding ortho intramolecular Hbond substituents is 1. The van der Waals surface area contributed by atoms with Crippen LogP contribution in [-0.2, 0) is 4.74 Å². The maximum atomic E-state index is 11.8. The molecule has 0 saturated heterocycles. The Bertz CT molecular complexity index is 441. The van der Waals surface area contributed by atoms with Gasteiger partial charge in [0.25, 0.3) is 5.91 Å². The van der Waals surface area contributed by atoms with E-state index in [0.29, 0.717) is 25.3 Å². The largest absolute Gasteiger partial charge is 0.507 e. The van der Waals surface area contributed by atoms with Crippen molar-refractivity contribution in [1.29, 1.82) is 0 Å². The number of carbonyl (C=O) groups is 1. The van der Waals surface area contributed by atoms with Gasteiger partial charge in [-0.25, -0.2) is 0 Å². The summed E-state index contributed by atoms with van der Waals surface area (Å²) in [6.45, 7) is 8.66. The van der Waals surface area contributed by atoms with Crippen molar-refractivity contribution in [2.24, 2.45) is 0 Å². The Labute approximate surface area is 107 Å². The van der Waals surface area contributed by atoms with Crippen LogP contribution in [0.1, 0.15) is 22.8 Å². The number of aryl methyl sites for hydroxylation is 1. The third-order valence-electron chi connectivity index (χ3n) is 2.36. The average molecular weight is 249 g/mol. The molecule has 0 aliphatic rings. The fourth-order valence-electron chi connectivity index (χ4n) is 1.42. The molecule has 18 heavy (non-hydrogen) atoms. The predicted molar refractivity (Wildman–Crippen MR) is 70.8 cm³/mol. The molecule has 0 heterocycles. The normalized spacial score (nSPS) is 10.1. The van der Waals surface area contributed by atoms with E-state index in [1.807, 2.05) is 6.92 Å². The van der Waals surface area contributed by atoms with Crippen molar-refractivity contribution in [1.82, 2.24) is 5.32 Å². The number of rotatable bonds is 6.